The average Bonchev–Trinajstić information content (AvgIpc) is 2.68. The van der Waals surface area contributed by atoms with E-state index in [9.17, 15) is 8.42 Å². The molecule has 2 aromatic rings. The van der Waals surface area contributed by atoms with Crippen LogP contribution in [0.1, 0.15) is 5.56 Å². The standard InChI is InChI=1S/C18H23N5O3S2/c1-26-13-23-15-11-14(12-21-7-9-22(10-8-21)28(2,24)25)3-4-16(15)27-18-17(23)19-5-6-20-18/h3-6,11H,7-10,12-13H2,1-2H3. The van der Waals surface area contributed by atoms with Gasteiger partial charge in [0.15, 0.2) is 5.82 Å². The molecule has 0 bridgehead atoms. The zero-order valence-electron chi connectivity index (χ0n) is 15.9. The number of fused-ring (bicyclic) bond motifs is 2. The topological polar surface area (TPSA) is 78.9 Å². The molecule has 28 heavy (non-hydrogen) atoms. The maximum atomic E-state index is 11.7. The van der Waals surface area contributed by atoms with Gasteiger partial charge in [-0.1, -0.05) is 17.8 Å². The Kier molecular flexibility index (Phi) is 5.57. The van der Waals surface area contributed by atoms with Crippen LogP contribution in [-0.4, -0.2) is 73.9 Å². The first-order valence-corrected chi connectivity index (χ1v) is 11.7. The lowest BCUT2D eigenvalue weighted by molar-refractivity contribution is 0.182. The van der Waals surface area contributed by atoms with Crippen LogP contribution >= 0.6 is 11.8 Å². The van der Waals surface area contributed by atoms with E-state index >= 15 is 0 Å². The van der Waals surface area contributed by atoms with E-state index in [2.05, 4.69) is 33.1 Å². The Bertz CT molecular complexity index is 961. The fraction of sp³-hybridized carbons (Fsp3) is 0.444. The summed E-state index contributed by atoms with van der Waals surface area (Å²) in [7, 11) is -1.44. The fourth-order valence-corrected chi connectivity index (χ4v) is 5.30. The van der Waals surface area contributed by atoms with Gasteiger partial charge in [0.1, 0.15) is 11.8 Å². The van der Waals surface area contributed by atoms with Gasteiger partial charge in [-0.15, -0.1) is 0 Å². The van der Waals surface area contributed by atoms with Gasteiger partial charge in [-0.05, 0) is 17.7 Å². The van der Waals surface area contributed by atoms with Crippen molar-refractivity contribution in [2.75, 3.05) is 51.2 Å². The van der Waals surface area contributed by atoms with E-state index in [4.69, 9.17) is 4.74 Å². The van der Waals surface area contributed by atoms with Gasteiger partial charge in [-0.3, -0.25) is 9.80 Å². The van der Waals surface area contributed by atoms with Gasteiger partial charge in [0.05, 0.1) is 11.9 Å². The molecule has 3 heterocycles. The van der Waals surface area contributed by atoms with Gasteiger partial charge in [0.2, 0.25) is 10.0 Å². The smallest absolute Gasteiger partial charge is 0.211 e. The summed E-state index contributed by atoms with van der Waals surface area (Å²) in [5, 5.41) is 0.872. The van der Waals surface area contributed by atoms with E-state index in [1.807, 2.05) is 4.90 Å². The lowest BCUT2D eigenvalue weighted by Crippen LogP contribution is -2.47. The normalized spacial score (nSPS) is 18.0. The number of hydrogen-bond donors (Lipinski definition) is 0. The summed E-state index contributed by atoms with van der Waals surface area (Å²) in [6.07, 6.45) is 4.67. The Hall–Kier alpha value is -1.72. The van der Waals surface area contributed by atoms with Gasteiger partial charge < -0.3 is 4.74 Å². The highest BCUT2D eigenvalue weighted by molar-refractivity contribution is 7.99. The van der Waals surface area contributed by atoms with Crippen molar-refractivity contribution in [3.05, 3.63) is 36.2 Å². The highest BCUT2D eigenvalue weighted by Gasteiger charge is 2.27. The van der Waals surface area contributed by atoms with E-state index in [0.717, 1.165) is 41.1 Å². The van der Waals surface area contributed by atoms with Crippen molar-refractivity contribution in [2.24, 2.45) is 0 Å². The molecule has 2 aliphatic rings. The summed E-state index contributed by atoms with van der Waals surface area (Å²) >= 11 is 1.61. The summed E-state index contributed by atoms with van der Waals surface area (Å²) < 4.78 is 30.3. The molecule has 0 spiro atoms. The van der Waals surface area contributed by atoms with Crippen LogP contribution < -0.4 is 4.90 Å². The van der Waals surface area contributed by atoms with Gasteiger partial charge >= 0.3 is 0 Å². The Labute approximate surface area is 169 Å². The molecule has 2 aliphatic heterocycles. The third-order valence-corrected chi connectivity index (χ3v) is 7.24. The van der Waals surface area contributed by atoms with Crippen LogP contribution in [-0.2, 0) is 21.3 Å². The van der Waals surface area contributed by atoms with Crippen LogP contribution in [0.4, 0.5) is 11.5 Å². The number of aromatic nitrogens is 2. The number of sulfonamides is 1. The van der Waals surface area contributed by atoms with Gasteiger partial charge in [-0.25, -0.2) is 18.4 Å². The molecule has 1 fully saturated rings. The largest absolute Gasteiger partial charge is 0.364 e. The molecule has 1 aromatic heterocycles. The molecule has 0 aliphatic carbocycles. The lowest BCUT2D eigenvalue weighted by atomic mass is 10.1. The van der Waals surface area contributed by atoms with Gasteiger partial charge in [0, 0.05) is 57.1 Å². The van der Waals surface area contributed by atoms with Crippen LogP contribution in [0.15, 0.2) is 40.5 Å². The molecule has 0 atom stereocenters. The van der Waals surface area contributed by atoms with Crippen LogP contribution in [0.5, 0.6) is 0 Å². The predicted octanol–water partition coefficient (Wildman–Crippen LogP) is 1.76. The number of nitrogens with zero attached hydrogens (tertiary/aromatic N) is 5. The quantitative estimate of drug-likeness (QED) is 0.723. The summed E-state index contributed by atoms with van der Waals surface area (Å²) in [5.74, 6) is 0.806. The first kappa shape index (κ1) is 19.6. The number of ether oxygens (including phenoxy) is 1. The fourth-order valence-electron chi connectivity index (χ4n) is 3.49. The molecule has 0 amide bonds. The SMILES string of the molecule is COCN1c2cc(CN3CCN(S(C)(=O)=O)CC3)ccc2Sc2nccnc21. The Balaban J connectivity index is 1.52. The van der Waals surface area contributed by atoms with Crippen molar-refractivity contribution in [3.8, 4) is 0 Å². The highest BCUT2D eigenvalue weighted by atomic mass is 32.2. The predicted molar refractivity (Wildman–Crippen MR) is 108 cm³/mol. The first-order valence-electron chi connectivity index (χ1n) is 9.01. The van der Waals surface area contributed by atoms with E-state index in [0.29, 0.717) is 19.8 Å². The third-order valence-electron chi connectivity index (χ3n) is 4.89. The minimum Gasteiger partial charge on any atom is -0.364 e. The molecule has 1 aromatic carbocycles. The zero-order valence-corrected chi connectivity index (χ0v) is 17.5. The molecule has 0 unspecified atom stereocenters. The molecule has 150 valence electrons. The third kappa shape index (κ3) is 4.01. The van der Waals surface area contributed by atoms with Crippen molar-refractivity contribution in [2.45, 2.75) is 16.5 Å². The van der Waals surface area contributed by atoms with Gasteiger partial charge in [0.25, 0.3) is 0 Å². The van der Waals surface area contributed by atoms with E-state index in [-0.39, 0.29) is 0 Å². The van der Waals surface area contributed by atoms with Crippen LogP contribution in [0.25, 0.3) is 0 Å². The lowest BCUT2D eigenvalue weighted by Gasteiger charge is -2.34. The monoisotopic (exact) mass is 421 g/mol. The molecule has 0 radical (unpaired) electrons. The zero-order chi connectivity index (χ0) is 19.7. The number of benzene rings is 1. The molecule has 1 saturated heterocycles. The second-order valence-corrected chi connectivity index (χ2v) is 9.89. The Morgan fingerprint density at radius 2 is 1.89 bits per heavy atom. The summed E-state index contributed by atoms with van der Waals surface area (Å²) in [4.78, 5) is 14.4. The molecular weight excluding hydrogens is 398 g/mol. The van der Waals surface area contributed by atoms with Crippen molar-refractivity contribution in [1.82, 2.24) is 19.2 Å². The number of piperazine rings is 1. The molecule has 8 nitrogen and oxygen atoms in total. The maximum absolute atomic E-state index is 11.7. The first-order chi connectivity index (χ1) is 13.5. The number of methoxy groups -OCH3 is 1. The van der Waals surface area contributed by atoms with Crippen LogP contribution in [0.3, 0.4) is 0 Å². The maximum Gasteiger partial charge on any atom is 0.211 e. The number of rotatable bonds is 5. The molecular formula is C18H23N5O3S2. The van der Waals surface area contributed by atoms with E-state index in [1.165, 1.54) is 11.8 Å². The van der Waals surface area contributed by atoms with E-state index in [1.54, 1.807) is 35.6 Å². The Morgan fingerprint density at radius 3 is 2.61 bits per heavy atom. The summed E-state index contributed by atoms with van der Waals surface area (Å²) in [6, 6.07) is 6.41. The van der Waals surface area contributed by atoms with Crippen molar-refractivity contribution in [1.29, 1.82) is 0 Å². The van der Waals surface area contributed by atoms with Crippen LogP contribution in [0, 0.1) is 0 Å². The van der Waals surface area contributed by atoms with Crippen molar-refractivity contribution in [3.63, 3.8) is 0 Å². The Morgan fingerprint density at radius 1 is 1.14 bits per heavy atom. The molecule has 10 heteroatoms. The number of hydrogen-bond acceptors (Lipinski definition) is 8. The summed E-state index contributed by atoms with van der Waals surface area (Å²) in [5.41, 5.74) is 2.24. The van der Waals surface area contributed by atoms with Crippen molar-refractivity contribution >= 4 is 33.3 Å². The minimum absolute atomic E-state index is 0.399. The van der Waals surface area contributed by atoms with Gasteiger partial charge in [-0.2, -0.15) is 4.31 Å². The van der Waals surface area contributed by atoms with E-state index < -0.39 is 10.0 Å². The second kappa shape index (κ2) is 7.96. The number of anilines is 2. The molecule has 0 N–H and O–H groups in total. The van der Waals surface area contributed by atoms with Crippen LogP contribution in [0.2, 0.25) is 0 Å². The summed E-state index contributed by atoms with van der Waals surface area (Å²) in [6.45, 7) is 3.72. The average molecular weight is 422 g/mol. The van der Waals surface area contributed by atoms with Crippen molar-refractivity contribution < 1.29 is 13.2 Å². The highest BCUT2D eigenvalue weighted by Crippen LogP contribution is 2.46. The second-order valence-electron chi connectivity index (χ2n) is 6.87. The molecule has 4 rings (SSSR count). The molecule has 0 saturated carbocycles. The minimum atomic E-state index is -3.11.